The maximum atomic E-state index is 6.07. The van der Waals surface area contributed by atoms with Gasteiger partial charge in [0.05, 0.1) is 6.61 Å². The van der Waals surface area contributed by atoms with E-state index in [0.717, 1.165) is 52.2 Å². The Morgan fingerprint density at radius 1 is 0.500 bits per heavy atom. The van der Waals surface area contributed by atoms with E-state index in [1.807, 2.05) is 0 Å². The fourth-order valence-corrected chi connectivity index (χ4v) is 4.98. The van der Waals surface area contributed by atoms with Gasteiger partial charge in [-0.1, -0.05) is 0 Å². The van der Waals surface area contributed by atoms with Crippen molar-refractivity contribution in [2.75, 3.05) is 132 Å². The molecule has 188 valence electrons. The predicted molar refractivity (Wildman–Crippen MR) is 131 cm³/mol. The average molecular weight is 455 g/mol. The van der Waals surface area contributed by atoms with Gasteiger partial charge in [0.1, 0.15) is 0 Å². The summed E-state index contributed by atoms with van der Waals surface area (Å²) < 4.78 is 5.16. The molecule has 0 aromatic carbocycles. The summed E-state index contributed by atoms with van der Waals surface area (Å²) in [5, 5.41) is 2.20. The van der Waals surface area contributed by atoms with Crippen LogP contribution in [0.4, 0.5) is 0 Å². The first-order chi connectivity index (χ1) is 15.7. The summed E-state index contributed by atoms with van der Waals surface area (Å²) in [5.74, 6) is 0. The highest BCUT2D eigenvalue weighted by Gasteiger charge is 2.19. The van der Waals surface area contributed by atoms with Gasteiger partial charge in [-0.2, -0.15) is 5.06 Å². The van der Waals surface area contributed by atoms with Crippen LogP contribution in [0.2, 0.25) is 0 Å². The fraction of sp³-hybridized carbons (Fsp3) is 1.00. The molecule has 8 heteroatoms. The van der Waals surface area contributed by atoms with Gasteiger partial charge in [0, 0.05) is 105 Å². The van der Waals surface area contributed by atoms with Gasteiger partial charge >= 0.3 is 0 Å². The van der Waals surface area contributed by atoms with Crippen LogP contribution in [0.25, 0.3) is 0 Å². The molecular formula is C24H50N6O2. The van der Waals surface area contributed by atoms with Crippen LogP contribution >= 0.6 is 0 Å². The summed E-state index contributed by atoms with van der Waals surface area (Å²) in [7, 11) is 4.02. The first-order valence-corrected chi connectivity index (χ1v) is 13.2. The minimum Gasteiger partial charge on any atom is -0.385 e. The molecule has 0 radical (unpaired) electrons. The summed E-state index contributed by atoms with van der Waals surface area (Å²) in [6.45, 7) is 20.8. The van der Waals surface area contributed by atoms with Crippen molar-refractivity contribution < 1.29 is 9.57 Å². The van der Waals surface area contributed by atoms with E-state index in [-0.39, 0.29) is 0 Å². The lowest BCUT2D eigenvalue weighted by molar-refractivity contribution is -0.178. The van der Waals surface area contributed by atoms with Gasteiger partial charge < -0.3 is 29.2 Å². The topological polar surface area (TPSA) is 37.9 Å². The van der Waals surface area contributed by atoms with Crippen molar-refractivity contribution in [3.63, 3.8) is 0 Å². The van der Waals surface area contributed by atoms with Crippen molar-refractivity contribution in [2.45, 2.75) is 25.7 Å². The highest BCUT2D eigenvalue weighted by atomic mass is 16.7. The summed E-state index contributed by atoms with van der Waals surface area (Å²) >= 11 is 0. The molecule has 0 aromatic heterocycles. The number of unbranched alkanes of at least 4 members (excludes halogenated alkanes) is 1. The Labute approximate surface area is 197 Å². The van der Waals surface area contributed by atoms with Gasteiger partial charge in [-0.3, -0.25) is 4.84 Å². The third-order valence-electron chi connectivity index (χ3n) is 7.31. The molecule has 0 atom stereocenters. The fourth-order valence-electron chi connectivity index (χ4n) is 4.98. The lowest BCUT2D eigenvalue weighted by Gasteiger charge is -2.35. The molecule has 0 unspecified atom stereocenters. The second-order valence-electron chi connectivity index (χ2n) is 9.84. The number of hydroxylamine groups is 2. The minimum atomic E-state index is 0.860. The predicted octanol–water partition coefficient (Wildman–Crippen LogP) is 0.607. The van der Waals surface area contributed by atoms with Crippen LogP contribution in [0.1, 0.15) is 25.7 Å². The highest BCUT2D eigenvalue weighted by Crippen LogP contribution is 2.08. The molecule has 0 saturated carbocycles. The minimum absolute atomic E-state index is 0.860. The monoisotopic (exact) mass is 454 g/mol. The van der Waals surface area contributed by atoms with Crippen LogP contribution in [-0.4, -0.2) is 162 Å². The van der Waals surface area contributed by atoms with E-state index in [9.17, 15) is 0 Å². The normalized spacial score (nSPS) is 23.8. The molecule has 8 nitrogen and oxygen atoms in total. The molecule has 3 aliphatic rings. The lowest BCUT2D eigenvalue weighted by atomic mass is 10.2. The third kappa shape index (κ3) is 10.3. The van der Waals surface area contributed by atoms with E-state index in [0.29, 0.717) is 0 Å². The van der Waals surface area contributed by atoms with Gasteiger partial charge in [-0.15, -0.1) is 0 Å². The number of rotatable bonds is 14. The zero-order valence-corrected chi connectivity index (χ0v) is 21.1. The second kappa shape index (κ2) is 15.6. The standard InChI is InChI=1S/C24H50N6O2/c1-25-11-13-26(14-12-25)7-3-4-8-27-19-21-30(22-20-27)32-24-6-10-29-17-15-28(16-18-29)9-5-23-31-2/h3-24H2,1-2H3. The summed E-state index contributed by atoms with van der Waals surface area (Å²) in [4.78, 5) is 18.9. The molecule has 0 spiro atoms. The third-order valence-corrected chi connectivity index (χ3v) is 7.31. The van der Waals surface area contributed by atoms with Crippen LogP contribution in [-0.2, 0) is 9.57 Å². The largest absolute Gasteiger partial charge is 0.385 e. The number of hydrogen-bond donors (Lipinski definition) is 0. The van der Waals surface area contributed by atoms with Crippen molar-refractivity contribution >= 4 is 0 Å². The molecule has 3 saturated heterocycles. The number of piperazine rings is 3. The Hall–Kier alpha value is -0.320. The maximum absolute atomic E-state index is 6.07. The molecule has 32 heavy (non-hydrogen) atoms. The molecule has 0 amide bonds. The average Bonchev–Trinajstić information content (AvgIpc) is 2.83. The Balaban J connectivity index is 1.12. The Morgan fingerprint density at radius 3 is 1.41 bits per heavy atom. The summed E-state index contributed by atoms with van der Waals surface area (Å²) in [6.07, 6.45) is 4.94. The van der Waals surface area contributed by atoms with E-state index in [1.165, 1.54) is 91.4 Å². The van der Waals surface area contributed by atoms with E-state index in [1.54, 1.807) is 7.11 Å². The van der Waals surface area contributed by atoms with Crippen LogP contribution in [0, 0.1) is 0 Å². The molecule has 3 heterocycles. The van der Waals surface area contributed by atoms with E-state index >= 15 is 0 Å². The van der Waals surface area contributed by atoms with Gasteiger partial charge in [-0.25, -0.2) is 0 Å². The maximum Gasteiger partial charge on any atom is 0.0697 e. The van der Waals surface area contributed by atoms with Crippen molar-refractivity contribution in [2.24, 2.45) is 0 Å². The summed E-state index contributed by atoms with van der Waals surface area (Å²) in [5.41, 5.74) is 0. The molecule has 0 aromatic rings. The van der Waals surface area contributed by atoms with Gasteiger partial charge in [0.2, 0.25) is 0 Å². The highest BCUT2D eigenvalue weighted by molar-refractivity contribution is 4.73. The molecule has 3 fully saturated rings. The Bertz CT molecular complexity index is 461. The molecule has 0 N–H and O–H groups in total. The van der Waals surface area contributed by atoms with Gasteiger partial charge in [-0.05, 0) is 45.8 Å². The Kier molecular flexibility index (Phi) is 12.8. The molecule has 0 aliphatic carbocycles. The van der Waals surface area contributed by atoms with Crippen molar-refractivity contribution in [3.8, 4) is 0 Å². The number of nitrogens with zero attached hydrogens (tertiary/aromatic N) is 6. The summed E-state index contributed by atoms with van der Waals surface area (Å²) in [6, 6.07) is 0. The molecule has 0 bridgehead atoms. The molecule has 3 aliphatic heterocycles. The van der Waals surface area contributed by atoms with Crippen molar-refractivity contribution in [3.05, 3.63) is 0 Å². The first kappa shape index (κ1) is 26.3. The van der Waals surface area contributed by atoms with E-state index in [2.05, 4.69) is 36.6 Å². The number of methoxy groups -OCH3 is 1. The van der Waals surface area contributed by atoms with E-state index in [4.69, 9.17) is 9.57 Å². The first-order valence-electron chi connectivity index (χ1n) is 13.2. The van der Waals surface area contributed by atoms with Crippen molar-refractivity contribution in [1.82, 2.24) is 29.6 Å². The second-order valence-corrected chi connectivity index (χ2v) is 9.84. The Morgan fingerprint density at radius 2 is 0.906 bits per heavy atom. The van der Waals surface area contributed by atoms with Crippen LogP contribution in [0.3, 0.4) is 0 Å². The smallest absolute Gasteiger partial charge is 0.0697 e. The van der Waals surface area contributed by atoms with Crippen LogP contribution in [0.5, 0.6) is 0 Å². The van der Waals surface area contributed by atoms with E-state index < -0.39 is 0 Å². The SMILES string of the molecule is COCCCN1CCN(CCCON2CCN(CCCCN3CCN(C)CC3)CC2)CC1. The van der Waals surface area contributed by atoms with Crippen LogP contribution < -0.4 is 0 Å². The van der Waals surface area contributed by atoms with Crippen LogP contribution in [0.15, 0.2) is 0 Å². The zero-order chi connectivity index (χ0) is 22.4. The molecule has 3 rings (SSSR count). The lowest BCUT2D eigenvalue weighted by Crippen LogP contribution is -2.48. The van der Waals surface area contributed by atoms with Crippen molar-refractivity contribution in [1.29, 1.82) is 0 Å². The molecular weight excluding hydrogens is 404 g/mol. The zero-order valence-electron chi connectivity index (χ0n) is 21.1. The number of ether oxygens (including phenoxy) is 1. The van der Waals surface area contributed by atoms with Gasteiger partial charge in [0.25, 0.3) is 0 Å². The number of likely N-dealkylation sites (N-methyl/N-ethyl adjacent to an activating group) is 1. The number of hydrogen-bond acceptors (Lipinski definition) is 8. The van der Waals surface area contributed by atoms with Gasteiger partial charge in [0.15, 0.2) is 0 Å². The quantitative estimate of drug-likeness (QED) is 0.354.